The van der Waals surface area contributed by atoms with Gasteiger partial charge in [0.1, 0.15) is 18.2 Å². The highest BCUT2D eigenvalue weighted by molar-refractivity contribution is 5.96. The van der Waals surface area contributed by atoms with Crippen LogP contribution in [0.1, 0.15) is 10.4 Å². The van der Waals surface area contributed by atoms with Gasteiger partial charge < -0.3 is 15.4 Å². The van der Waals surface area contributed by atoms with Crippen molar-refractivity contribution in [1.82, 2.24) is 5.32 Å². The van der Waals surface area contributed by atoms with E-state index in [-0.39, 0.29) is 5.69 Å². The number of carbonyl (C=O) groups excluding carboxylic acids is 3. The van der Waals surface area contributed by atoms with Crippen LogP contribution < -0.4 is 10.6 Å². The molecule has 6 nitrogen and oxygen atoms in total. The van der Waals surface area contributed by atoms with E-state index >= 15 is 0 Å². The Labute approximate surface area is 141 Å². The van der Waals surface area contributed by atoms with Gasteiger partial charge in [0.15, 0.2) is 6.61 Å². The maximum Gasteiger partial charge on any atom is 0.325 e. The summed E-state index contributed by atoms with van der Waals surface area (Å²) < 4.78 is 30.8. The fourth-order valence-corrected chi connectivity index (χ4v) is 1.82. The summed E-state index contributed by atoms with van der Waals surface area (Å²) in [6.45, 7) is -1.09. The molecular formula is C17H14F2N2O4. The minimum atomic E-state index is -0.949. The van der Waals surface area contributed by atoms with Crippen LogP contribution in [0.25, 0.3) is 0 Å². The number of benzene rings is 2. The van der Waals surface area contributed by atoms with Gasteiger partial charge in [-0.05, 0) is 24.3 Å². The molecule has 0 atom stereocenters. The summed E-state index contributed by atoms with van der Waals surface area (Å²) in [6.07, 6.45) is 0. The molecule has 0 fully saturated rings. The third-order valence-electron chi connectivity index (χ3n) is 3.00. The summed E-state index contributed by atoms with van der Waals surface area (Å²) in [5.74, 6) is -3.83. The van der Waals surface area contributed by atoms with E-state index in [1.165, 1.54) is 0 Å². The number of ether oxygens (including phenoxy) is 1. The van der Waals surface area contributed by atoms with Crippen molar-refractivity contribution in [3.8, 4) is 0 Å². The van der Waals surface area contributed by atoms with Gasteiger partial charge in [0.2, 0.25) is 0 Å². The van der Waals surface area contributed by atoms with Crippen LogP contribution in [0.2, 0.25) is 0 Å². The van der Waals surface area contributed by atoms with E-state index in [1.807, 2.05) is 0 Å². The molecule has 0 bridgehead atoms. The van der Waals surface area contributed by atoms with Crippen LogP contribution in [0.4, 0.5) is 14.5 Å². The minimum Gasteiger partial charge on any atom is -0.454 e. The lowest BCUT2D eigenvalue weighted by atomic mass is 10.2. The Hall–Kier alpha value is -3.29. The van der Waals surface area contributed by atoms with Gasteiger partial charge in [0.05, 0.1) is 5.69 Å². The quantitative estimate of drug-likeness (QED) is 0.781. The Kier molecular flexibility index (Phi) is 6.16. The molecule has 2 aromatic rings. The second-order valence-electron chi connectivity index (χ2n) is 4.88. The summed E-state index contributed by atoms with van der Waals surface area (Å²) in [7, 11) is 0. The van der Waals surface area contributed by atoms with E-state index in [4.69, 9.17) is 0 Å². The van der Waals surface area contributed by atoms with Crippen molar-refractivity contribution < 1.29 is 27.9 Å². The van der Waals surface area contributed by atoms with Gasteiger partial charge in [-0.3, -0.25) is 14.4 Å². The van der Waals surface area contributed by atoms with E-state index < -0.39 is 42.6 Å². The van der Waals surface area contributed by atoms with Crippen molar-refractivity contribution >= 4 is 23.5 Å². The van der Waals surface area contributed by atoms with E-state index in [1.54, 1.807) is 30.3 Å². The van der Waals surface area contributed by atoms with Gasteiger partial charge >= 0.3 is 5.97 Å². The van der Waals surface area contributed by atoms with Gasteiger partial charge in [0, 0.05) is 11.6 Å². The van der Waals surface area contributed by atoms with E-state index in [0.717, 1.165) is 12.1 Å². The Bertz CT molecular complexity index is 781. The molecule has 2 amide bonds. The fourth-order valence-electron chi connectivity index (χ4n) is 1.82. The topological polar surface area (TPSA) is 84.5 Å². The summed E-state index contributed by atoms with van der Waals surface area (Å²) in [5.41, 5.74) is 0.139. The van der Waals surface area contributed by atoms with Crippen molar-refractivity contribution in [3.05, 3.63) is 65.7 Å². The average molecular weight is 348 g/mol. The molecule has 2 rings (SSSR count). The zero-order valence-electron chi connectivity index (χ0n) is 12.9. The maximum atomic E-state index is 13.4. The zero-order valence-corrected chi connectivity index (χ0v) is 12.9. The third kappa shape index (κ3) is 5.69. The van der Waals surface area contributed by atoms with Crippen LogP contribution in [-0.4, -0.2) is 30.9 Å². The van der Waals surface area contributed by atoms with Crippen LogP contribution in [0, 0.1) is 11.6 Å². The molecule has 2 aromatic carbocycles. The maximum absolute atomic E-state index is 13.4. The molecule has 0 heterocycles. The lowest BCUT2D eigenvalue weighted by Gasteiger charge is -2.08. The standard InChI is InChI=1S/C17H14F2N2O4/c18-12-6-7-14(13(19)8-12)21-15(22)10-25-16(23)9-20-17(24)11-4-2-1-3-5-11/h1-8H,9-10H2,(H,20,24)(H,21,22). The molecule has 2 N–H and O–H groups in total. The van der Waals surface area contributed by atoms with Crippen LogP contribution in [0.5, 0.6) is 0 Å². The normalized spacial score (nSPS) is 10.0. The van der Waals surface area contributed by atoms with Gasteiger partial charge in [-0.25, -0.2) is 8.78 Å². The minimum absolute atomic E-state index is 0.236. The molecular weight excluding hydrogens is 334 g/mol. The fraction of sp³-hybridized carbons (Fsp3) is 0.118. The highest BCUT2D eigenvalue weighted by Crippen LogP contribution is 2.14. The average Bonchev–Trinajstić information content (AvgIpc) is 2.61. The first-order valence-electron chi connectivity index (χ1n) is 7.19. The van der Waals surface area contributed by atoms with Gasteiger partial charge in [-0.2, -0.15) is 0 Å². The van der Waals surface area contributed by atoms with Crippen molar-refractivity contribution in [2.24, 2.45) is 0 Å². The highest BCUT2D eigenvalue weighted by Gasteiger charge is 2.12. The first-order valence-corrected chi connectivity index (χ1v) is 7.19. The molecule has 130 valence electrons. The summed E-state index contributed by atoms with van der Waals surface area (Å²) in [4.78, 5) is 34.8. The molecule has 0 saturated heterocycles. The molecule has 0 aliphatic rings. The molecule has 0 radical (unpaired) electrons. The number of amides is 2. The van der Waals surface area contributed by atoms with Crippen molar-refractivity contribution in [1.29, 1.82) is 0 Å². The number of halogens is 2. The van der Waals surface area contributed by atoms with Gasteiger partial charge in [-0.15, -0.1) is 0 Å². The van der Waals surface area contributed by atoms with Gasteiger partial charge in [-0.1, -0.05) is 18.2 Å². The summed E-state index contributed by atoms with van der Waals surface area (Å²) in [5, 5.41) is 4.48. The number of anilines is 1. The Morgan fingerprint density at radius 3 is 2.40 bits per heavy atom. The molecule has 0 saturated carbocycles. The number of hydrogen-bond donors (Lipinski definition) is 2. The second-order valence-corrected chi connectivity index (χ2v) is 4.88. The van der Waals surface area contributed by atoms with Crippen LogP contribution in [0.3, 0.4) is 0 Å². The lowest BCUT2D eigenvalue weighted by Crippen LogP contribution is -2.32. The molecule has 0 aromatic heterocycles. The zero-order chi connectivity index (χ0) is 18.2. The first kappa shape index (κ1) is 18.1. The van der Waals surface area contributed by atoms with E-state index in [2.05, 4.69) is 15.4 Å². The van der Waals surface area contributed by atoms with Crippen LogP contribution in [0.15, 0.2) is 48.5 Å². The lowest BCUT2D eigenvalue weighted by molar-refractivity contribution is -0.146. The molecule has 0 spiro atoms. The van der Waals surface area contributed by atoms with Crippen molar-refractivity contribution in [2.75, 3.05) is 18.5 Å². The number of rotatable bonds is 6. The Balaban J connectivity index is 1.74. The second kappa shape index (κ2) is 8.53. The molecule has 0 unspecified atom stereocenters. The van der Waals surface area contributed by atoms with Crippen molar-refractivity contribution in [2.45, 2.75) is 0 Å². The summed E-state index contributed by atoms with van der Waals surface area (Å²) >= 11 is 0. The Morgan fingerprint density at radius 1 is 1.00 bits per heavy atom. The molecule has 0 aliphatic heterocycles. The monoisotopic (exact) mass is 348 g/mol. The van der Waals surface area contributed by atoms with Gasteiger partial charge in [0.25, 0.3) is 11.8 Å². The highest BCUT2D eigenvalue weighted by atomic mass is 19.1. The SMILES string of the molecule is O=C(COC(=O)CNC(=O)c1ccccc1)Nc1ccc(F)cc1F. The Morgan fingerprint density at radius 2 is 1.72 bits per heavy atom. The predicted molar refractivity (Wildman–Crippen MR) is 84.7 cm³/mol. The molecule has 8 heteroatoms. The molecule has 0 aliphatic carbocycles. The number of hydrogen-bond acceptors (Lipinski definition) is 4. The largest absolute Gasteiger partial charge is 0.454 e. The predicted octanol–water partition coefficient (Wildman–Crippen LogP) is 1.88. The van der Waals surface area contributed by atoms with Crippen molar-refractivity contribution in [3.63, 3.8) is 0 Å². The van der Waals surface area contributed by atoms with Crippen LogP contribution >= 0.6 is 0 Å². The number of carbonyl (C=O) groups is 3. The first-order chi connectivity index (χ1) is 12.0. The third-order valence-corrected chi connectivity index (χ3v) is 3.00. The number of esters is 1. The van der Waals surface area contributed by atoms with Crippen LogP contribution in [-0.2, 0) is 14.3 Å². The number of nitrogens with one attached hydrogen (secondary N) is 2. The van der Waals surface area contributed by atoms with E-state index in [0.29, 0.717) is 11.6 Å². The summed E-state index contributed by atoms with van der Waals surface area (Å²) in [6, 6.07) is 10.9. The molecule has 25 heavy (non-hydrogen) atoms. The smallest absolute Gasteiger partial charge is 0.325 e. The van der Waals surface area contributed by atoms with E-state index in [9.17, 15) is 23.2 Å².